The predicted octanol–water partition coefficient (Wildman–Crippen LogP) is 2.01. The summed E-state index contributed by atoms with van der Waals surface area (Å²) in [5.41, 5.74) is 1.67. The Morgan fingerprint density at radius 1 is 1.44 bits per heavy atom. The van der Waals surface area contributed by atoms with E-state index in [1.165, 1.54) is 12.1 Å². The maximum Gasteiger partial charge on any atom is 0.317 e. The minimum atomic E-state index is -0.828. The van der Waals surface area contributed by atoms with E-state index in [0.29, 0.717) is 18.5 Å². The van der Waals surface area contributed by atoms with Gasteiger partial charge in [-0.15, -0.1) is 0 Å². The van der Waals surface area contributed by atoms with Gasteiger partial charge in [0.05, 0.1) is 18.8 Å². The maximum atomic E-state index is 13.0. The van der Waals surface area contributed by atoms with Crippen LogP contribution in [-0.2, 0) is 13.5 Å². The Balaban J connectivity index is 1.53. The Morgan fingerprint density at radius 2 is 2.16 bits per heavy atom. The second kappa shape index (κ2) is 7.65. The molecule has 2 amide bonds. The van der Waals surface area contributed by atoms with Gasteiger partial charge in [0, 0.05) is 25.8 Å². The number of aliphatic hydroxyl groups excluding tert-OH is 1. The molecule has 1 fully saturated rings. The van der Waals surface area contributed by atoms with E-state index in [0.717, 1.165) is 18.4 Å². The van der Waals surface area contributed by atoms with Crippen LogP contribution < -0.4 is 5.32 Å². The summed E-state index contributed by atoms with van der Waals surface area (Å²) in [5, 5.41) is 17.4. The average Bonchev–Trinajstić information content (AvgIpc) is 3.35. The first-order valence-corrected chi connectivity index (χ1v) is 8.48. The van der Waals surface area contributed by atoms with Crippen molar-refractivity contribution in [3.8, 4) is 0 Å². The zero-order valence-corrected chi connectivity index (χ0v) is 14.2. The van der Waals surface area contributed by atoms with Gasteiger partial charge in [-0.1, -0.05) is 12.1 Å². The lowest BCUT2D eigenvalue weighted by Crippen LogP contribution is -2.44. The van der Waals surface area contributed by atoms with Crippen LogP contribution in [0.1, 0.15) is 30.1 Å². The van der Waals surface area contributed by atoms with E-state index < -0.39 is 6.10 Å². The highest BCUT2D eigenvalue weighted by molar-refractivity contribution is 5.75. The van der Waals surface area contributed by atoms with Gasteiger partial charge in [-0.2, -0.15) is 5.10 Å². The SMILES string of the molecule is Cn1cc(CCNC(=O)N(CC(O)c2ccc(F)cc2)C2CC2)cn1. The van der Waals surface area contributed by atoms with Crippen LogP contribution in [0.15, 0.2) is 36.7 Å². The van der Waals surface area contributed by atoms with Crippen LogP contribution in [0.2, 0.25) is 0 Å². The molecule has 1 aromatic heterocycles. The molecule has 0 bridgehead atoms. The molecular formula is C18H23FN4O2. The third-order valence-corrected chi connectivity index (χ3v) is 4.32. The van der Waals surface area contributed by atoms with Crippen molar-refractivity contribution in [2.45, 2.75) is 31.4 Å². The number of hydrogen-bond acceptors (Lipinski definition) is 3. The van der Waals surface area contributed by atoms with Crippen molar-refractivity contribution in [2.75, 3.05) is 13.1 Å². The van der Waals surface area contributed by atoms with Gasteiger partial charge in [-0.25, -0.2) is 9.18 Å². The first-order valence-electron chi connectivity index (χ1n) is 8.48. The summed E-state index contributed by atoms with van der Waals surface area (Å²) in [6.07, 6.45) is 5.48. The van der Waals surface area contributed by atoms with Crippen molar-refractivity contribution in [2.24, 2.45) is 7.05 Å². The topological polar surface area (TPSA) is 70.4 Å². The second-order valence-electron chi connectivity index (χ2n) is 6.46. The minimum absolute atomic E-state index is 0.174. The minimum Gasteiger partial charge on any atom is -0.387 e. The molecule has 7 heteroatoms. The Hall–Kier alpha value is -2.41. The highest BCUT2D eigenvalue weighted by Crippen LogP contribution is 2.29. The van der Waals surface area contributed by atoms with Crippen molar-refractivity contribution in [3.05, 3.63) is 53.6 Å². The van der Waals surface area contributed by atoms with Crippen molar-refractivity contribution >= 4 is 6.03 Å². The first-order chi connectivity index (χ1) is 12.0. The van der Waals surface area contributed by atoms with Gasteiger partial charge in [0.25, 0.3) is 0 Å². The van der Waals surface area contributed by atoms with Gasteiger partial charge in [0.15, 0.2) is 0 Å². The number of urea groups is 1. The molecule has 0 spiro atoms. The van der Waals surface area contributed by atoms with Crippen molar-refractivity contribution in [3.63, 3.8) is 0 Å². The molecule has 6 nitrogen and oxygen atoms in total. The lowest BCUT2D eigenvalue weighted by Gasteiger charge is -2.25. The number of carbonyl (C=O) groups is 1. The number of amides is 2. The number of aliphatic hydroxyl groups is 1. The third-order valence-electron chi connectivity index (χ3n) is 4.32. The van der Waals surface area contributed by atoms with E-state index in [1.807, 2.05) is 13.2 Å². The number of rotatable bonds is 7. The Morgan fingerprint density at radius 3 is 2.76 bits per heavy atom. The van der Waals surface area contributed by atoms with Crippen LogP contribution in [0.5, 0.6) is 0 Å². The van der Waals surface area contributed by atoms with Crippen molar-refractivity contribution in [1.82, 2.24) is 20.0 Å². The van der Waals surface area contributed by atoms with E-state index in [1.54, 1.807) is 27.9 Å². The van der Waals surface area contributed by atoms with Crippen molar-refractivity contribution in [1.29, 1.82) is 0 Å². The fraction of sp³-hybridized carbons (Fsp3) is 0.444. The summed E-state index contributed by atoms with van der Waals surface area (Å²) >= 11 is 0. The van der Waals surface area contributed by atoms with Gasteiger partial charge in [0.1, 0.15) is 5.82 Å². The number of nitrogens with one attached hydrogen (secondary N) is 1. The van der Waals surface area contributed by atoms with Crippen LogP contribution in [0.25, 0.3) is 0 Å². The summed E-state index contributed by atoms with van der Waals surface area (Å²) in [6, 6.07) is 5.72. The molecule has 1 aliphatic carbocycles. The Bertz CT molecular complexity index is 712. The van der Waals surface area contributed by atoms with Gasteiger partial charge >= 0.3 is 6.03 Å². The van der Waals surface area contributed by atoms with Crippen LogP contribution in [0.4, 0.5) is 9.18 Å². The number of halogens is 1. The Labute approximate surface area is 146 Å². The summed E-state index contributed by atoms with van der Waals surface area (Å²) < 4.78 is 14.7. The lowest BCUT2D eigenvalue weighted by molar-refractivity contribution is 0.118. The molecule has 25 heavy (non-hydrogen) atoms. The normalized spacial score (nSPS) is 15.0. The van der Waals surface area contributed by atoms with E-state index in [9.17, 15) is 14.3 Å². The number of carbonyl (C=O) groups excluding carboxylic acids is 1. The van der Waals surface area contributed by atoms with Crippen LogP contribution in [-0.4, -0.2) is 44.9 Å². The molecule has 1 atom stereocenters. The molecule has 2 aromatic rings. The zero-order chi connectivity index (χ0) is 17.8. The van der Waals surface area contributed by atoms with Crippen molar-refractivity contribution < 1.29 is 14.3 Å². The van der Waals surface area contributed by atoms with E-state index in [4.69, 9.17) is 0 Å². The number of benzene rings is 1. The van der Waals surface area contributed by atoms with E-state index in [-0.39, 0.29) is 24.4 Å². The zero-order valence-electron chi connectivity index (χ0n) is 14.2. The van der Waals surface area contributed by atoms with Gasteiger partial charge in [-0.3, -0.25) is 4.68 Å². The molecule has 3 rings (SSSR count). The summed E-state index contributed by atoms with van der Waals surface area (Å²) in [5.74, 6) is -0.344. The molecular weight excluding hydrogens is 323 g/mol. The van der Waals surface area contributed by atoms with Gasteiger partial charge < -0.3 is 15.3 Å². The summed E-state index contributed by atoms with van der Waals surface area (Å²) in [4.78, 5) is 14.1. The first kappa shape index (κ1) is 17.4. The molecule has 134 valence electrons. The quantitative estimate of drug-likeness (QED) is 0.806. The standard InChI is InChI=1S/C18H23FN4O2/c1-22-11-13(10-21-22)8-9-20-18(25)23(16-6-7-16)12-17(24)14-2-4-15(19)5-3-14/h2-5,10-11,16-17,24H,6-9,12H2,1H3,(H,20,25). The van der Waals surface area contributed by atoms with Gasteiger partial charge in [0.2, 0.25) is 0 Å². The third kappa shape index (κ3) is 4.79. The van der Waals surface area contributed by atoms with E-state index in [2.05, 4.69) is 10.4 Å². The summed E-state index contributed by atoms with van der Waals surface area (Å²) in [7, 11) is 1.85. The second-order valence-corrected chi connectivity index (χ2v) is 6.46. The highest BCUT2D eigenvalue weighted by atomic mass is 19.1. The molecule has 1 saturated carbocycles. The molecule has 0 aliphatic heterocycles. The molecule has 0 saturated heterocycles. The molecule has 1 aromatic carbocycles. The number of aryl methyl sites for hydroxylation is 1. The monoisotopic (exact) mass is 346 g/mol. The lowest BCUT2D eigenvalue weighted by atomic mass is 10.1. The van der Waals surface area contributed by atoms with Crippen LogP contribution >= 0.6 is 0 Å². The molecule has 2 N–H and O–H groups in total. The fourth-order valence-corrected chi connectivity index (χ4v) is 2.78. The Kier molecular flexibility index (Phi) is 5.33. The van der Waals surface area contributed by atoms with E-state index >= 15 is 0 Å². The smallest absolute Gasteiger partial charge is 0.317 e. The largest absolute Gasteiger partial charge is 0.387 e. The maximum absolute atomic E-state index is 13.0. The number of aromatic nitrogens is 2. The molecule has 0 radical (unpaired) electrons. The fourth-order valence-electron chi connectivity index (χ4n) is 2.78. The van der Waals surface area contributed by atoms with Gasteiger partial charge in [-0.05, 0) is 42.5 Å². The van der Waals surface area contributed by atoms with Crippen LogP contribution in [0, 0.1) is 5.82 Å². The number of nitrogens with zero attached hydrogens (tertiary/aromatic N) is 3. The molecule has 1 unspecified atom stereocenters. The summed E-state index contributed by atoms with van der Waals surface area (Å²) in [6.45, 7) is 0.718. The molecule has 1 heterocycles. The number of hydrogen-bond donors (Lipinski definition) is 2. The highest BCUT2D eigenvalue weighted by Gasteiger charge is 2.33. The van der Waals surface area contributed by atoms with Crippen LogP contribution in [0.3, 0.4) is 0 Å². The molecule has 1 aliphatic rings. The average molecular weight is 346 g/mol. The predicted molar refractivity (Wildman–Crippen MR) is 91.4 cm³/mol.